The summed E-state index contributed by atoms with van der Waals surface area (Å²) in [6.45, 7) is 5.63. The quantitative estimate of drug-likeness (QED) is 0.759. The summed E-state index contributed by atoms with van der Waals surface area (Å²) in [6.07, 6.45) is 9.31. The Bertz CT molecular complexity index is 608. The molecule has 0 spiro atoms. The molecular weight excluding hydrogens is 342 g/mol. The zero-order valence-corrected chi connectivity index (χ0v) is 16.7. The van der Waals surface area contributed by atoms with E-state index in [2.05, 4.69) is 20.6 Å². The molecule has 2 heterocycles. The Morgan fingerprint density at radius 1 is 1.04 bits per heavy atom. The van der Waals surface area contributed by atoms with Gasteiger partial charge in [-0.15, -0.1) is 0 Å². The van der Waals surface area contributed by atoms with Gasteiger partial charge in [0.1, 0.15) is 17.5 Å². The lowest BCUT2D eigenvalue weighted by molar-refractivity contribution is 0.0983. The summed E-state index contributed by atoms with van der Waals surface area (Å²) >= 11 is 0. The molecular formula is C20H33N5O2. The third-order valence-corrected chi connectivity index (χ3v) is 5.42. The number of amides is 1. The Labute approximate surface area is 162 Å². The molecule has 7 nitrogen and oxygen atoms in total. The Hall–Kier alpha value is -2.05. The topological polar surface area (TPSA) is 79.4 Å². The highest BCUT2D eigenvalue weighted by Gasteiger charge is 2.24. The fourth-order valence-corrected chi connectivity index (χ4v) is 3.98. The molecule has 1 aromatic rings. The summed E-state index contributed by atoms with van der Waals surface area (Å²) in [4.78, 5) is 22.7. The zero-order valence-electron chi connectivity index (χ0n) is 16.7. The Balaban J connectivity index is 1.54. The van der Waals surface area contributed by atoms with E-state index in [0.29, 0.717) is 31.8 Å². The van der Waals surface area contributed by atoms with Crippen LogP contribution in [0.1, 0.15) is 64.1 Å². The summed E-state index contributed by atoms with van der Waals surface area (Å²) in [5.74, 6) is 2.56. The van der Waals surface area contributed by atoms with Gasteiger partial charge in [-0.2, -0.15) is 0 Å². The molecule has 150 valence electrons. The monoisotopic (exact) mass is 375 g/mol. The van der Waals surface area contributed by atoms with E-state index >= 15 is 0 Å². The maximum Gasteiger partial charge on any atom is 0.409 e. The van der Waals surface area contributed by atoms with Crippen molar-refractivity contribution >= 4 is 17.7 Å². The van der Waals surface area contributed by atoms with E-state index in [0.717, 1.165) is 30.3 Å². The van der Waals surface area contributed by atoms with Crippen LogP contribution in [0, 0.1) is 6.92 Å². The highest BCUT2D eigenvalue weighted by Crippen LogP contribution is 2.22. The van der Waals surface area contributed by atoms with Crippen LogP contribution in [0.5, 0.6) is 0 Å². The first-order valence-electron chi connectivity index (χ1n) is 10.4. The highest BCUT2D eigenvalue weighted by molar-refractivity contribution is 5.67. The lowest BCUT2D eigenvalue weighted by Gasteiger charge is -2.32. The molecule has 1 saturated carbocycles. The first kappa shape index (κ1) is 19.7. The average molecular weight is 376 g/mol. The van der Waals surface area contributed by atoms with Crippen molar-refractivity contribution in [1.29, 1.82) is 0 Å². The van der Waals surface area contributed by atoms with Crippen molar-refractivity contribution in [1.82, 2.24) is 14.9 Å². The number of aromatic nitrogens is 2. The van der Waals surface area contributed by atoms with Gasteiger partial charge in [0.15, 0.2) is 0 Å². The molecule has 1 saturated heterocycles. The van der Waals surface area contributed by atoms with Gasteiger partial charge in [-0.1, -0.05) is 25.7 Å². The van der Waals surface area contributed by atoms with Crippen LogP contribution in [0.4, 0.5) is 16.4 Å². The highest BCUT2D eigenvalue weighted by atomic mass is 16.6. The van der Waals surface area contributed by atoms with E-state index in [1.165, 1.54) is 38.5 Å². The van der Waals surface area contributed by atoms with Gasteiger partial charge < -0.3 is 20.3 Å². The summed E-state index contributed by atoms with van der Waals surface area (Å²) < 4.78 is 5.09. The normalized spacial score (nSPS) is 19.4. The van der Waals surface area contributed by atoms with E-state index in [1.807, 2.05) is 19.9 Å². The molecule has 0 bridgehead atoms. The Morgan fingerprint density at radius 2 is 1.59 bits per heavy atom. The average Bonchev–Trinajstić information content (AvgIpc) is 2.91. The number of nitrogens with zero attached hydrogens (tertiary/aromatic N) is 3. The minimum absolute atomic E-state index is 0.205. The van der Waals surface area contributed by atoms with Crippen LogP contribution in [-0.4, -0.2) is 52.7 Å². The lowest BCUT2D eigenvalue weighted by atomic mass is 10.1. The predicted molar refractivity (Wildman–Crippen MR) is 107 cm³/mol. The lowest BCUT2D eigenvalue weighted by Crippen LogP contribution is -2.42. The maximum absolute atomic E-state index is 11.8. The number of hydrogen-bond donors (Lipinski definition) is 2. The maximum atomic E-state index is 11.8. The molecule has 2 aliphatic rings. The summed E-state index contributed by atoms with van der Waals surface area (Å²) in [7, 11) is 0. The predicted octanol–water partition coefficient (Wildman–Crippen LogP) is 3.95. The van der Waals surface area contributed by atoms with Crippen molar-refractivity contribution in [3.05, 3.63) is 11.9 Å². The largest absolute Gasteiger partial charge is 0.450 e. The van der Waals surface area contributed by atoms with E-state index in [9.17, 15) is 4.79 Å². The first-order chi connectivity index (χ1) is 13.1. The number of carbonyl (C=O) groups is 1. The van der Waals surface area contributed by atoms with Crippen molar-refractivity contribution in [2.45, 2.75) is 77.3 Å². The fraction of sp³-hybridized carbons (Fsp3) is 0.750. The summed E-state index contributed by atoms with van der Waals surface area (Å²) in [5, 5.41) is 7.15. The van der Waals surface area contributed by atoms with Gasteiger partial charge in [0, 0.05) is 31.2 Å². The SMILES string of the molecule is CCOC(=O)N1CCC(Nc2cc(NC3CCCCCC3)nc(C)n2)CC1. The van der Waals surface area contributed by atoms with Gasteiger partial charge in [-0.3, -0.25) is 0 Å². The molecule has 0 atom stereocenters. The molecule has 1 aliphatic heterocycles. The second-order valence-electron chi connectivity index (χ2n) is 7.62. The zero-order chi connectivity index (χ0) is 19.1. The molecule has 1 aromatic heterocycles. The molecule has 2 N–H and O–H groups in total. The number of hydrogen-bond acceptors (Lipinski definition) is 6. The minimum Gasteiger partial charge on any atom is -0.450 e. The van der Waals surface area contributed by atoms with Crippen molar-refractivity contribution in [2.75, 3.05) is 30.3 Å². The van der Waals surface area contributed by atoms with Crippen LogP contribution < -0.4 is 10.6 Å². The van der Waals surface area contributed by atoms with Crippen LogP contribution in [0.2, 0.25) is 0 Å². The van der Waals surface area contributed by atoms with Gasteiger partial charge in [0.2, 0.25) is 0 Å². The minimum atomic E-state index is -0.205. The fourth-order valence-electron chi connectivity index (χ4n) is 3.98. The Kier molecular flexibility index (Phi) is 7.12. The number of nitrogens with one attached hydrogen (secondary N) is 2. The molecule has 0 unspecified atom stereocenters. The van der Waals surface area contributed by atoms with Gasteiger partial charge in [-0.05, 0) is 39.5 Å². The van der Waals surface area contributed by atoms with Gasteiger partial charge >= 0.3 is 6.09 Å². The third kappa shape index (κ3) is 5.97. The van der Waals surface area contributed by atoms with Crippen molar-refractivity contribution in [3.8, 4) is 0 Å². The standard InChI is InChI=1S/C20H33N5O2/c1-3-27-20(26)25-12-10-17(11-13-25)24-19-14-18(21-15(2)22-19)23-16-8-6-4-5-7-9-16/h14,16-17H,3-13H2,1-2H3,(H2,21,22,23,24). The number of rotatable bonds is 5. The number of anilines is 2. The van der Waals surface area contributed by atoms with Crippen LogP contribution >= 0.6 is 0 Å². The number of carbonyl (C=O) groups excluding carboxylic acids is 1. The molecule has 2 fully saturated rings. The summed E-state index contributed by atoms with van der Waals surface area (Å²) in [6, 6.07) is 2.86. The van der Waals surface area contributed by atoms with E-state index in [-0.39, 0.29) is 6.09 Å². The smallest absolute Gasteiger partial charge is 0.409 e. The van der Waals surface area contributed by atoms with Crippen LogP contribution in [0.15, 0.2) is 6.07 Å². The number of aryl methyl sites for hydroxylation is 1. The van der Waals surface area contributed by atoms with Gasteiger partial charge in [-0.25, -0.2) is 14.8 Å². The molecule has 0 radical (unpaired) electrons. The van der Waals surface area contributed by atoms with Crippen LogP contribution in [-0.2, 0) is 4.74 Å². The van der Waals surface area contributed by atoms with Crippen molar-refractivity contribution in [3.63, 3.8) is 0 Å². The molecule has 0 aromatic carbocycles. The van der Waals surface area contributed by atoms with Crippen LogP contribution in [0.3, 0.4) is 0 Å². The number of piperidine rings is 1. The third-order valence-electron chi connectivity index (χ3n) is 5.42. The molecule has 27 heavy (non-hydrogen) atoms. The Morgan fingerprint density at radius 3 is 2.15 bits per heavy atom. The molecule has 1 aliphatic carbocycles. The van der Waals surface area contributed by atoms with Crippen molar-refractivity contribution < 1.29 is 9.53 Å². The second-order valence-corrected chi connectivity index (χ2v) is 7.62. The van der Waals surface area contributed by atoms with Gasteiger partial charge in [0.25, 0.3) is 0 Å². The molecule has 1 amide bonds. The second kappa shape index (κ2) is 9.76. The van der Waals surface area contributed by atoms with Gasteiger partial charge in [0.05, 0.1) is 6.61 Å². The van der Waals surface area contributed by atoms with E-state index in [1.54, 1.807) is 4.90 Å². The van der Waals surface area contributed by atoms with E-state index in [4.69, 9.17) is 4.74 Å². The molecule has 3 rings (SSSR count). The summed E-state index contributed by atoms with van der Waals surface area (Å²) in [5.41, 5.74) is 0. The van der Waals surface area contributed by atoms with Crippen molar-refractivity contribution in [2.24, 2.45) is 0 Å². The number of ether oxygens (including phenoxy) is 1. The number of likely N-dealkylation sites (tertiary alicyclic amines) is 1. The van der Waals surface area contributed by atoms with Crippen LogP contribution in [0.25, 0.3) is 0 Å². The van der Waals surface area contributed by atoms with E-state index < -0.39 is 0 Å². The molecule has 7 heteroatoms. The first-order valence-corrected chi connectivity index (χ1v) is 10.4.